The van der Waals surface area contributed by atoms with Crippen molar-refractivity contribution in [3.63, 3.8) is 0 Å². The molecular formula is C23H26ClN3O5. The minimum atomic E-state index is -1.56. The van der Waals surface area contributed by atoms with E-state index in [9.17, 15) is 14.4 Å². The van der Waals surface area contributed by atoms with Crippen molar-refractivity contribution in [2.75, 3.05) is 6.61 Å². The Morgan fingerprint density at radius 2 is 1.84 bits per heavy atom. The fourth-order valence-corrected chi connectivity index (χ4v) is 3.39. The molecule has 0 saturated carbocycles. The number of esters is 1. The van der Waals surface area contributed by atoms with Gasteiger partial charge in [-0.15, -0.1) is 0 Å². The van der Waals surface area contributed by atoms with Crippen LogP contribution in [0, 0.1) is 5.92 Å². The fraction of sp³-hybridized carbons (Fsp3) is 0.304. The van der Waals surface area contributed by atoms with Crippen LogP contribution in [0.3, 0.4) is 0 Å². The summed E-state index contributed by atoms with van der Waals surface area (Å²) >= 11 is 6.06. The van der Waals surface area contributed by atoms with Crippen LogP contribution in [0.2, 0.25) is 5.02 Å². The maximum Gasteiger partial charge on any atom is 0.433 e. The van der Waals surface area contributed by atoms with E-state index in [2.05, 4.69) is 10.3 Å². The molecule has 0 aliphatic carbocycles. The third kappa shape index (κ3) is 7.70. The van der Waals surface area contributed by atoms with Crippen LogP contribution in [0.25, 0.3) is 11.1 Å². The zero-order valence-corrected chi connectivity index (χ0v) is 18.6. The van der Waals surface area contributed by atoms with Gasteiger partial charge in [0.1, 0.15) is 0 Å². The standard InChI is InChI=1S/C23H26ClN3O5/c1-3-32-22(29)14(2)11-19(26-21(28)20(25)27-23(30)31)12-15-7-9-16(10-8-15)17-5-4-6-18(24)13-17/h4-10,13-14,19H,3,11-12H2,1-2H3,(H2,25,27)(H,26,28)(H,30,31)/t14-,19?/m1/s1. The third-order valence-electron chi connectivity index (χ3n) is 4.70. The number of nitrogens with two attached hydrogens (primary N) is 1. The second kappa shape index (κ2) is 11.9. The number of rotatable bonds is 8. The normalized spacial score (nSPS) is 13.2. The zero-order valence-electron chi connectivity index (χ0n) is 17.9. The quantitative estimate of drug-likeness (QED) is 0.313. The molecule has 0 aliphatic heterocycles. The van der Waals surface area contributed by atoms with Crippen molar-refractivity contribution in [2.45, 2.75) is 32.7 Å². The number of benzene rings is 2. The number of hydrogen-bond acceptors (Lipinski definition) is 4. The molecule has 2 aromatic rings. The van der Waals surface area contributed by atoms with Gasteiger partial charge < -0.3 is 20.9 Å². The molecule has 0 saturated heterocycles. The van der Waals surface area contributed by atoms with Crippen LogP contribution in [0.4, 0.5) is 4.79 Å². The van der Waals surface area contributed by atoms with E-state index in [-0.39, 0.29) is 19.0 Å². The van der Waals surface area contributed by atoms with Crippen molar-refractivity contribution in [1.82, 2.24) is 5.32 Å². The van der Waals surface area contributed by atoms with Gasteiger partial charge in [-0.25, -0.2) is 4.79 Å². The van der Waals surface area contributed by atoms with Crippen molar-refractivity contribution >= 4 is 35.4 Å². The number of carbonyl (C=O) groups excluding carboxylic acids is 2. The lowest BCUT2D eigenvalue weighted by atomic mass is 9.95. The van der Waals surface area contributed by atoms with E-state index in [1.54, 1.807) is 19.9 Å². The maximum absolute atomic E-state index is 12.3. The summed E-state index contributed by atoms with van der Waals surface area (Å²) in [6.07, 6.45) is -0.891. The molecule has 0 fully saturated rings. The van der Waals surface area contributed by atoms with Gasteiger partial charge in [-0.2, -0.15) is 4.99 Å². The molecule has 0 heterocycles. The summed E-state index contributed by atoms with van der Waals surface area (Å²) in [5, 5.41) is 12.0. The first-order valence-electron chi connectivity index (χ1n) is 10.1. The van der Waals surface area contributed by atoms with Crippen molar-refractivity contribution < 1.29 is 24.2 Å². The number of halogens is 1. The largest absolute Gasteiger partial charge is 0.466 e. The summed E-state index contributed by atoms with van der Waals surface area (Å²) in [5.74, 6) is -2.34. The highest BCUT2D eigenvalue weighted by atomic mass is 35.5. The monoisotopic (exact) mass is 459 g/mol. The van der Waals surface area contributed by atoms with Crippen LogP contribution >= 0.6 is 11.6 Å². The first-order chi connectivity index (χ1) is 15.2. The van der Waals surface area contributed by atoms with Gasteiger partial charge in [0, 0.05) is 11.1 Å². The average molecular weight is 460 g/mol. The van der Waals surface area contributed by atoms with Crippen molar-refractivity contribution in [3.8, 4) is 11.1 Å². The van der Waals surface area contributed by atoms with E-state index in [1.165, 1.54) is 0 Å². The third-order valence-corrected chi connectivity index (χ3v) is 4.94. The van der Waals surface area contributed by atoms with Gasteiger partial charge >= 0.3 is 12.1 Å². The topological polar surface area (TPSA) is 131 Å². The van der Waals surface area contributed by atoms with E-state index in [4.69, 9.17) is 27.2 Å². The van der Waals surface area contributed by atoms with E-state index in [0.717, 1.165) is 16.7 Å². The molecular weight excluding hydrogens is 434 g/mol. The summed E-state index contributed by atoms with van der Waals surface area (Å²) in [4.78, 5) is 38.0. The highest BCUT2D eigenvalue weighted by molar-refractivity contribution is 6.38. The Balaban J connectivity index is 2.18. The van der Waals surface area contributed by atoms with E-state index in [1.807, 2.05) is 42.5 Å². The smallest absolute Gasteiger partial charge is 0.433 e. The lowest BCUT2D eigenvalue weighted by Gasteiger charge is -2.22. The Bertz CT molecular complexity index is 991. The molecule has 2 aromatic carbocycles. The molecule has 0 spiro atoms. The number of amides is 2. The molecule has 32 heavy (non-hydrogen) atoms. The Kier molecular flexibility index (Phi) is 9.22. The number of amidine groups is 1. The average Bonchev–Trinajstić information content (AvgIpc) is 2.73. The van der Waals surface area contributed by atoms with Crippen LogP contribution < -0.4 is 11.1 Å². The van der Waals surface area contributed by atoms with Crippen molar-refractivity contribution in [2.24, 2.45) is 16.6 Å². The predicted octanol–water partition coefficient (Wildman–Crippen LogP) is 3.66. The minimum Gasteiger partial charge on any atom is -0.466 e. The minimum absolute atomic E-state index is 0.253. The first-order valence-corrected chi connectivity index (χ1v) is 10.5. The fourth-order valence-electron chi connectivity index (χ4n) is 3.20. The van der Waals surface area contributed by atoms with Crippen molar-refractivity contribution in [3.05, 3.63) is 59.1 Å². The van der Waals surface area contributed by atoms with E-state index < -0.39 is 29.8 Å². The SMILES string of the molecule is CCOC(=O)[C@H](C)CC(Cc1ccc(-c2cccc(Cl)c2)cc1)NC(=O)/C(N)=N/C(=O)O. The van der Waals surface area contributed by atoms with Gasteiger partial charge in [-0.3, -0.25) is 9.59 Å². The highest BCUT2D eigenvalue weighted by Gasteiger charge is 2.23. The Labute approximate surface area is 191 Å². The molecule has 2 rings (SSSR count). The van der Waals surface area contributed by atoms with E-state index >= 15 is 0 Å². The number of carboxylic acid groups (broad SMARTS) is 1. The molecule has 8 nitrogen and oxygen atoms in total. The Morgan fingerprint density at radius 3 is 2.44 bits per heavy atom. The number of nitrogens with one attached hydrogen (secondary N) is 1. The summed E-state index contributed by atoms with van der Waals surface area (Å²) < 4.78 is 5.05. The van der Waals surface area contributed by atoms with Gasteiger partial charge in [-0.1, -0.05) is 54.9 Å². The molecule has 9 heteroatoms. The maximum atomic E-state index is 12.3. The Hall–Kier alpha value is -3.39. The van der Waals surface area contributed by atoms with Crippen LogP contribution in [0.1, 0.15) is 25.8 Å². The zero-order chi connectivity index (χ0) is 23.7. The second-order valence-corrected chi connectivity index (χ2v) is 7.69. The lowest BCUT2D eigenvalue weighted by Crippen LogP contribution is -2.45. The molecule has 170 valence electrons. The van der Waals surface area contributed by atoms with Gasteiger partial charge in [0.05, 0.1) is 12.5 Å². The molecule has 0 radical (unpaired) electrons. The predicted molar refractivity (Wildman–Crippen MR) is 123 cm³/mol. The molecule has 0 aliphatic rings. The van der Waals surface area contributed by atoms with Gasteiger partial charge in [-0.05, 0) is 48.6 Å². The number of nitrogens with zero attached hydrogens (tertiary/aromatic N) is 1. The molecule has 4 N–H and O–H groups in total. The Morgan fingerprint density at radius 1 is 1.16 bits per heavy atom. The molecule has 0 bridgehead atoms. The molecule has 2 atom stereocenters. The lowest BCUT2D eigenvalue weighted by molar-refractivity contribution is -0.148. The van der Waals surface area contributed by atoms with Crippen LogP contribution in [0.5, 0.6) is 0 Å². The van der Waals surface area contributed by atoms with Crippen LogP contribution in [0.15, 0.2) is 53.5 Å². The number of hydrogen-bond donors (Lipinski definition) is 3. The molecule has 2 amide bonds. The van der Waals surface area contributed by atoms with Crippen LogP contribution in [-0.2, 0) is 20.7 Å². The van der Waals surface area contributed by atoms with E-state index in [0.29, 0.717) is 11.4 Å². The van der Waals surface area contributed by atoms with Gasteiger partial charge in [0.2, 0.25) is 0 Å². The number of carbonyl (C=O) groups is 3. The molecule has 1 unspecified atom stereocenters. The first kappa shape index (κ1) is 24.9. The van der Waals surface area contributed by atoms with Gasteiger partial charge in [0.25, 0.3) is 5.91 Å². The summed E-state index contributed by atoms with van der Waals surface area (Å²) in [6, 6.07) is 14.7. The molecule has 0 aromatic heterocycles. The van der Waals surface area contributed by atoms with Crippen molar-refractivity contribution in [1.29, 1.82) is 0 Å². The van der Waals surface area contributed by atoms with Crippen LogP contribution in [-0.4, -0.2) is 41.6 Å². The number of aliphatic imine (C=N–C) groups is 1. The second-order valence-electron chi connectivity index (χ2n) is 7.25. The summed E-state index contributed by atoms with van der Waals surface area (Å²) in [7, 11) is 0. The van der Waals surface area contributed by atoms with Gasteiger partial charge in [0.15, 0.2) is 5.84 Å². The highest BCUT2D eigenvalue weighted by Crippen LogP contribution is 2.23. The summed E-state index contributed by atoms with van der Waals surface area (Å²) in [6.45, 7) is 3.67. The number of ether oxygens (including phenoxy) is 1. The summed E-state index contributed by atoms with van der Waals surface area (Å²) in [5.41, 5.74) is 8.31.